The fourth-order valence-electron chi connectivity index (χ4n) is 5.96. The third-order valence-electron chi connectivity index (χ3n) is 8.03. The highest BCUT2D eigenvalue weighted by atomic mass is 16.7. The van der Waals surface area contributed by atoms with E-state index in [9.17, 15) is 29.4 Å². The molecule has 0 saturated carbocycles. The number of carbonyl (C=O) groups is 4. The van der Waals surface area contributed by atoms with Gasteiger partial charge in [0, 0.05) is 22.6 Å². The number of methoxy groups -OCH3 is 1. The first-order valence-corrected chi connectivity index (χ1v) is 14.1. The van der Waals surface area contributed by atoms with E-state index in [0.29, 0.717) is 18.4 Å². The van der Waals surface area contributed by atoms with Gasteiger partial charge in [0.25, 0.3) is 0 Å². The zero-order chi connectivity index (χ0) is 30.0. The molecule has 2 aromatic rings. The first-order valence-electron chi connectivity index (χ1n) is 14.1. The maximum Gasteiger partial charge on any atom is 0.332 e. The van der Waals surface area contributed by atoms with Gasteiger partial charge < -0.3 is 33.9 Å². The van der Waals surface area contributed by atoms with Gasteiger partial charge in [-0.2, -0.15) is 0 Å². The van der Waals surface area contributed by atoms with Crippen LogP contribution in [-0.4, -0.2) is 79.5 Å². The van der Waals surface area contributed by atoms with Crippen molar-refractivity contribution in [1.29, 1.82) is 0 Å². The first-order chi connectivity index (χ1) is 20.2. The van der Waals surface area contributed by atoms with Gasteiger partial charge in [-0.05, 0) is 51.5 Å². The number of ketones is 3. The molecule has 0 radical (unpaired) electrons. The fourth-order valence-corrected chi connectivity index (χ4v) is 5.96. The first kappa shape index (κ1) is 29.7. The van der Waals surface area contributed by atoms with E-state index in [-0.39, 0.29) is 96.2 Å². The number of hydrogen-bond acceptors (Lipinski definition) is 11. The highest BCUT2D eigenvalue weighted by Gasteiger charge is 2.41. The lowest BCUT2D eigenvalue weighted by Crippen LogP contribution is -2.35. The number of aromatic hydroxyl groups is 2. The van der Waals surface area contributed by atoms with E-state index >= 15 is 0 Å². The van der Waals surface area contributed by atoms with Crippen molar-refractivity contribution in [3.63, 3.8) is 0 Å². The largest absolute Gasteiger partial charge is 0.507 e. The van der Waals surface area contributed by atoms with Crippen LogP contribution >= 0.6 is 0 Å². The maximum atomic E-state index is 13.4. The molecule has 0 bridgehead atoms. The second kappa shape index (κ2) is 12.6. The predicted molar refractivity (Wildman–Crippen MR) is 146 cm³/mol. The van der Waals surface area contributed by atoms with E-state index in [0.717, 1.165) is 12.8 Å². The van der Waals surface area contributed by atoms with Gasteiger partial charge in [-0.15, -0.1) is 0 Å². The van der Waals surface area contributed by atoms with Crippen molar-refractivity contribution >= 4 is 23.3 Å². The molecule has 0 spiro atoms. The van der Waals surface area contributed by atoms with Crippen LogP contribution < -0.4 is 4.74 Å². The van der Waals surface area contributed by atoms with E-state index in [2.05, 4.69) is 0 Å². The summed E-state index contributed by atoms with van der Waals surface area (Å²) in [6.45, 7) is 1.84. The monoisotopic (exact) mass is 582 g/mol. The predicted octanol–water partition coefficient (Wildman–Crippen LogP) is 3.05. The third kappa shape index (κ3) is 5.64. The quantitative estimate of drug-likeness (QED) is 0.268. The van der Waals surface area contributed by atoms with Gasteiger partial charge in [0.15, 0.2) is 17.9 Å². The molecule has 3 atom stereocenters. The van der Waals surface area contributed by atoms with E-state index < -0.39 is 29.7 Å². The summed E-state index contributed by atoms with van der Waals surface area (Å²) in [5.74, 6) is -2.88. The normalized spacial score (nSPS) is 21.2. The molecular formula is C31H34O11. The number of phenols is 2. The topological polar surface area (TPSA) is 155 Å². The van der Waals surface area contributed by atoms with Crippen molar-refractivity contribution in [3.05, 3.63) is 51.6 Å². The van der Waals surface area contributed by atoms with E-state index in [4.69, 9.17) is 23.7 Å². The zero-order valence-electron chi connectivity index (χ0n) is 23.6. The molecule has 5 rings (SSSR count). The van der Waals surface area contributed by atoms with Crippen LogP contribution in [0.4, 0.5) is 0 Å². The Morgan fingerprint density at radius 3 is 2.50 bits per heavy atom. The second-order valence-electron chi connectivity index (χ2n) is 10.6. The summed E-state index contributed by atoms with van der Waals surface area (Å²) in [5, 5.41) is 22.4. The molecule has 11 heteroatoms. The van der Waals surface area contributed by atoms with Crippen molar-refractivity contribution in [2.45, 2.75) is 57.8 Å². The molecule has 2 unspecified atom stereocenters. The molecule has 2 N–H and O–H groups in total. The molecule has 224 valence electrons. The van der Waals surface area contributed by atoms with Crippen LogP contribution in [0.3, 0.4) is 0 Å². The molecular weight excluding hydrogens is 548 g/mol. The van der Waals surface area contributed by atoms with Crippen LogP contribution in [0.2, 0.25) is 0 Å². The van der Waals surface area contributed by atoms with Gasteiger partial charge in [0.2, 0.25) is 5.78 Å². The summed E-state index contributed by atoms with van der Waals surface area (Å²) in [5.41, 5.74) is 0.277. The van der Waals surface area contributed by atoms with Crippen molar-refractivity contribution < 1.29 is 53.1 Å². The van der Waals surface area contributed by atoms with E-state index in [1.54, 1.807) is 19.1 Å². The van der Waals surface area contributed by atoms with Crippen LogP contribution in [0.25, 0.3) is 0 Å². The molecule has 0 aromatic heterocycles. The number of esters is 1. The summed E-state index contributed by atoms with van der Waals surface area (Å²) in [7, 11) is 1.38. The number of carbonyl (C=O) groups excluding carboxylic acids is 4. The van der Waals surface area contributed by atoms with Gasteiger partial charge in [-0.1, -0.05) is 12.1 Å². The second-order valence-corrected chi connectivity index (χ2v) is 10.6. The standard InChI is InChI=1S/C31H34O11/c1-3-40-23(33)15-39-13-17-6-4-9-24(42-17)41-14-21(32)16-10-11-18-20(12-16)30(36)26-27(28(18)34)31(37)25-19(29(26)35)7-5-8-22(25)38-2/h5,7-8,16-17,24,34,36H,3-4,6,9-15H2,1-2H3/t16-,17?,24?/m0/s1. The highest BCUT2D eigenvalue weighted by molar-refractivity contribution is 6.31. The van der Waals surface area contributed by atoms with Crippen molar-refractivity contribution in [2.75, 3.05) is 33.5 Å². The van der Waals surface area contributed by atoms with E-state index in [1.165, 1.54) is 13.2 Å². The minimum absolute atomic E-state index is 0.0471. The third-order valence-corrected chi connectivity index (χ3v) is 8.03. The van der Waals surface area contributed by atoms with Gasteiger partial charge in [0.1, 0.15) is 30.5 Å². The summed E-state index contributed by atoms with van der Waals surface area (Å²) < 4.78 is 27.2. The van der Waals surface area contributed by atoms with Crippen LogP contribution in [0, 0.1) is 5.92 Å². The van der Waals surface area contributed by atoms with Crippen LogP contribution in [0.15, 0.2) is 18.2 Å². The van der Waals surface area contributed by atoms with Gasteiger partial charge in [-0.3, -0.25) is 14.4 Å². The Hall–Kier alpha value is -3.80. The number of phenolic OH excluding ortho intramolecular Hbond substituents is 2. The van der Waals surface area contributed by atoms with Gasteiger partial charge >= 0.3 is 5.97 Å². The van der Waals surface area contributed by atoms with Crippen molar-refractivity contribution in [3.8, 4) is 17.2 Å². The molecule has 3 aliphatic rings. The number of Topliss-reactive ketones (excluding diaryl/α,β-unsaturated/α-hetero) is 1. The van der Waals surface area contributed by atoms with Crippen LogP contribution in [-0.2, 0) is 41.4 Å². The van der Waals surface area contributed by atoms with Crippen molar-refractivity contribution in [1.82, 2.24) is 0 Å². The molecule has 2 aliphatic carbocycles. The summed E-state index contributed by atoms with van der Waals surface area (Å²) in [6.07, 6.45) is 1.98. The average Bonchev–Trinajstić information content (AvgIpc) is 3.00. The summed E-state index contributed by atoms with van der Waals surface area (Å²) >= 11 is 0. The number of hydrogen-bond donors (Lipinski definition) is 2. The summed E-state index contributed by atoms with van der Waals surface area (Å²) in [6, 6.07) is 4.61. The fraction of sp³-hybridized carbons (Fsp3) is 0.484. The highest BCUT2D eigenvalue weighted by Crippen LogP contribution is 2.47. The Balaban J connectivity index is 1.25. The average molecular weight is 583 g/mol. The van der Waals surface area contributed by atoms with E-state index in [1.807, 2.05) is 0 Å². The van der Waals surface area contributed by atoms with Crippen LogP contribution in [0.5, 0.6) is 17.2 Å². The van der Waals surface area contributed by atoms with Crippen molar-refractivity contribution in [2.24, 2.45) is 5.92 Å². The smallest absolute Gasteiger partial charge is 0.332 e. The Labute approximate surface area is 242 Å². The Kier molecular flexibility index (Phi) is 8.91. The molecule has 42 heavy (non-hydrogen) atoms. The minimum Gasteiger partial charge on any atom is -0.507 e. The minimum atomic E-state index is -0.601. The number of ether oxygens (including phenoxy) is 5. The lowest BCUT2D eigenvalue weighted by atomic mass is 9.75. The molecule has 2 aromatic carbocycles. The van der Waals surface area contributed by atoms with Gasteiger partial charge in [-0.25, -0.2) is 4.79 Å². The lowest BCUT2D eigenvalue weighted by molar-refractivity contribution is -0.206. The Morgan fingerprint density at radius 2 is 1.74 bits per heavy atom. The number of rotatable bonds is 10. The van der Waals surface area contributed by atoms with Crippen LogP contribution in [0.1, 0.15) is 75.6 Å². The molecule has 1 fully saturated rings. The maximum absolute atomic E-state index is 13.4. The molecule has 1 heterocycles. The number of fused-ring (bicyclic) bond motifs is 3. The molecule has 1 saturated heterocycles. The lowest BCUT2D eigenvalue weighted by Gasteiger charge is -2.31. The van der Waals surface area contributed by atoms with Gasteiger partial charge in [0.05, 0.1) is 43.1 Å². The SMILES string of the molecule is CCOC(=O)COCC1CCCC(OCC(=O)[C@H]2CCc3c(O)c4c(c(O)c3C2)C(=O)c2cccc(OC)c2C4=O)O1. The molecule has 11 nitrogen and oxygen atoms in total. The molecule has 0 amide bonds. The number of benzene rings is 2. The zero-order valence-corrected chi connectivity index (χ0v) is 23.6. The Morgan fingerprint density at radius 1 is 0.976 bits per heavy atom. The summed E-state index contributed by atoms with van der Waals surface area (Å²) in [4.78, 5) is 51.4. The Bertz CT molecular complexity index is 1410. The molecule has 1 aliphatic heterocycles.